The van der Waals surface area contributed by atoms with Crippen molar-refractivity contribution in [2.24, 2.45) is 0 Å². The molecule has 6 heteroatoms. The van der Waals surface area contributed by atoms with Crippen LogP contribution in [-0.2, 0) is 17.2 Å². The molecule has 0 spiro atoms. The third kappa shape index (κ3) is 7.63. The average Bonchev–Trinajstić information content (AvgIpc) is 2.58. The summed E-state index contributed by atoms with van der Waals surface area (Å²) in [5.41, 5.74) is 0.361. The van der Waals surface area contributed by atoms with Crippen molar-refractivity contribution in [1.29, 1.82) is 0 Å². The van der Waals surface area contributed by atoms with E-state index in [4.69, 9.17) is 13.9 Å². The smallest absolute Gasteiger partial charge is 0.382 e. The van der Waals surface area contributed by atoms with E-state index in [1.165, 1.54) is 46.3 Å². The molecule has 0 aromatic carbocycles. The number of rotatable bonds is 13. The largest absolute Gasteiger partial charge is 0.492 e. The molecule has 1 unspecified atom stereocenters. The summed E-state index contributed by atoms with van der Waals surface area (Å²) in [6, 6.07) is 0. The fourth-order valence-corrected chi connectivity index (χ4v) is 3.55. The van der Waals surface area contributed by atoms with Crippen molar-refractivity contribution in [2.75, 3.05) is 26.2 Å². The van der Waals surface area contributed by atoms with E-state index < -0.39 is 16.4 Å². The van der Waals surface area contributed by atoms with E-state index in [0.29, 0.717) is 11.5 Å². The maximum Gasteiger partial charge on any atom is 0.382 e. The van der Waals surface area contributed by atoms with Crippen LogP contribution in [0.3, 0.4) is 0 Å². The van der Waals surface area contributed by atoms with Crippen molar-refractivity contribution in [3.63, 3.8) is 0 Å². The molecule has 1 atom stereocenters. The highest BCUT2D eigenvalue weighted by atomic mass is 32.2. The third-order valence-electron chi connectivity index (χ3n) is 4.36. The van der Waals surface area contributed by atoms with Crippen LogP contribution in [0.15, 0.2) is 9.21 Å². The number of methoxy groups -OCH3 is 2. The van der Waals surface area contributed by atoms with Gasteiger partial charge in [0.15, 0.2) is 5.75 Å². The molecule has 0 aliphatic heterocycles. The van der Waals surface area contributed by atoms with Gasteiger partial charge in [-0.2, -0.15) is 0 Å². The summed E-state index contributed by atoms with van der Waals surface area (Å²) in [5.74, 6) is 2.13. The lowest BCUT2D eigenvalue weighted by Crippen LogP contribution is -2.10. The lowest BCUT2D eigenvalue weighted by Gasteiger charge is -2.12. The second kappa shape index (κ2) is 12.1. The first-order valence-electron chi connectivity index (χ1n) is 9.05. The van der Waals surface area contributed by atoms with E-state index in [1.54, 1.807) is 6.26 Å². The van der Waals surface area contributed by atoms with Gasteiger partial charge in [0.1, 0.15) is 5.76 Å². The van der Waals surface area contributed by atoms with Crippen molar-refractivity contribution in [3.05, 3.63) is 21.7 Å². The molecule has 0 aliphatic carbocycles. The zero-order valence-corrected chi connectivity index (χ0v) is 16.8. The molecule has 0 saturated heterocycles. The van der Waals surface area contributed by atoms with Gasteiger partial charge in [0.05, 0.1) is 14.2 Å². The van der Waals surface area contributed by atoms with Crippen LogP contribution in [0.4, 0.5) is 0 Å². The maximum absolute atomic E-state index is 11.9. The third-order valence-corrected chi connectivity index (χ3v) is 5.22. The molecule has 1 aromatic rings. The lowest BCUT2D eigenvalue weighted by molar-refractivity contribution is 0.316. The fourth-order valence-electron chi connectivity index (χ4n) is 2.94. The molecule has 0 amide bonds. The van der Waals surface area contributed by atoms with Crippen LogP contribution in [0, 0.1) is 6.92 Å². The lowest BCUT2D eigenvalue weighted by atomic mass is 10.0. The molecule has 1 heterocycles. The average molecular weight is 373 g/mol. The number of ether oxygens (including phenoxy) is 2. The summed E-state index contributed by atoms with van der Waals surface area (Å²) in [7, 11) is 2.32. The summed E-state index contributed by atoms with van der Waals surface area (Å²) < 4.78 is 26.7. The van der Waals surface area contributed by atoms with Gasteiger partial charge >= 0.3 is 5.63 Å². The Balaban J connectivity index is 2.27. The van der Waals surface area contributed by atoms with Crippen LogP contribution in [0.1, 0.15) is 62.7 Å². The van der Waals surface area contributed by atoms with E-state index in [2.05, 4.69) is 0 Å². The van der Waals surface area contributed by atoms with Gasteiger partial charge in [-0.3, -0.25) is 4.21 Å². The Morgan fingerprint density at radius 3 is 1.92 bits per heavy atom. The first-order chi connectivity index (χ1) is 12.0. The van der Waals surface area contributed by atoms with E-state index in [1.807, 2.05) is 6.92 Å². The van der Waals surface area contributed by atoms with Crippen LogP contribution in [0.5, 0.6) is 11.5 Å². The van der Waals surface area contributed by atoms with Gasteiger partial charge in [-0.15, -0.1) is 0 Å². The summed E-state index contributed by atoms with van der Waals surface area (Å²) >= 11 is 0. The first-order valence-corrected chi connectivity index (χ1v) is 10.8. The topological polar surface area (TPSA) is 65.7 Å². The molecule has 0 aliphatic rings. The molecule has 1 rings (SSSR count). The SMILES string of the molecule is COc1c(C)c(CCCCCCCCCCS(C)=O)oc(=O)c1OC. The van der Waals surface area contributed by atoms with E-state index >= 15 is 0 Å². The van der Waals surface area contributed by atoms with Crippen molar-refractivity contribution < 1.29 is 18.1 Å². The molecule has 1 aromatic heterocycles. The molecular weight excluding hydrogens is 340 g/mol. The van der Waals surface area contributed by atoms with Crippen LogP contribution in [0.2, 0.25) is 0 Å². The minimum atomic E-state index is -0.652. The predicted molar refractivity (Wildman–Crippen MR) is 102 cm³/mol. The summed E-state index contributed by atoms with van der Waals surface area (Å²) in [6.45, 7) is 1.89. The Morgan fingerprint density at radius 2 is 1.40 bits per heavy atom. The van der Waals surface area contributed by atoms with Crippen molar-refractivity contribution in [3.8, 4) is 11.5 Å². The normalized spacial score (nSPS) is 12.2. The minimum Gasteiger partial charge on any atom is -0.492 e. The molecule has 144 valence electrons. The van der Waals surface area contributed by atoms with E-state index in [-0.39, 0.29) is 5.75 Å². The number of aryl methyl sites for hydroxylation is 1. The van der Waals surface area contributed by atoms with E-state index in [0.717, 1.165) is 37.0 Å². The van der Waals surface area contributed by atoms with Crippen LogP contribution < -0.4 is 15.1 Å². The van der Waals surface area contributed by atoms with E-state index in [9.17, 15) is 9.00 Å². The van der Waals surface area contributed by atoms with Crippen molar-refractivity contribution >= 4 is 10.8 Å². The monoisotopic (exact) mass is 372 g/mol. The van der Waals surface area contributed by atoms with Gasteiger partial charge in [0.25, 0.3) is 0 Å². The zero-order chi connectivity index (χ0) is 18.7. The Bertz CT molecular complexity index is 594. The maximum atomic E-state index is 11.9. The van der Waals surface area contributed by atoms with Gasteiger partial charge in [0.2, 0.25) is 5.75 Å². The predicted octanol–water partition coefficient (Wildman–Crippen LogP) is 4.01. The standard InChI is InChI=1S/C19H32O5S/c1-15-16(24-19(20)18(23-3)17(15)22-2)13-11-9-7-5-6-8-10-12-14-25(4)21/h5-14H2,1-4H3. The Hall–Kier alpha value is -1.30. The molecule has 0 radical (unpaired) electrons. The Kier molecular flexibility index (Phi) is 10.5. The van der Waals surface area contributed by atoms with Gasteiger partial charge < -0.3 is 13.9 Å². The number of hydrogen-bond acceptors (Lipinski definition) is 5. The molecular formula is C19H32O5S. The molecule has 0 fully saturated rings. The molecule has 25 heavy (non-hydrogen) atoms. The van der Waals surface area contributed by atoms with Gasteiger partial charge in [0, 0.05) is 34.8 Å². The fraction of sp³-hybridized carbons (Fsp3) is 0.737. The van der Waals surface area contributed by atoms with Crippen LogP contribution in [-0.4, -0.2) is 30.4 Å². The second-order valence-electron chi connectivity index (χ2n) is 6.36. The number of hydrogen-bond donors (Lipinski definition) is 0. The van der Waals surface area contributed by atoms with Gasteiger partial charge in [-0.05, 0) is 19.8 Å². The second-order valence-corrected chi connectivity index (χ2v) is 7.91. The molecule has 5 nitrogen and oxygen atoms in total. The van der Waals surface area contributed by atoms with Gasteiger partial charge in [-0.25, -0.2) is 4.79 Å². The molecule has 0 bridgehead atoms. The van der Waals surface area contributed by atoms with Crippen LogP contribution in [0.25, 0.3) is 0 Å². The van der Waals surface area contributed by atoms with Gasteiger partial charge in [-0.1, -0.05) is 38.5 Å². The van der Waals surface area contributed by atoms with Crippen molar-refractivity contribution in [2.45, 2.75) is 64.7 Å². The molecule has 0 saturated carbocycles. The highest BCUT2D eigenvalue weighted by Gasteiger charge is 2.17. The zero-order valence-electron chi connectivity index (χ0n) is 16.0. The summed E-state index contributed by atoms with van der Waals surface area (Å²) in [4.78, 5) is 11.9. The Labute approximate surface area is 153 Å². The highest BCUT2D eigenvalue weighted by Crippen LogP contribution is 2.30. The van der Waals surface area contributed by atoms with Crippen LogP contribution >= 0.6 is 0 Å². The quantitative estimate of drug-likeness (QED) is 0.490. The highest BCUT2D eigenvalue weighted by molar-refractivity contribution is 7.84. The first kappa shape index (κ1) is 21.7. The van der Waals surface area contributed by atoms with Crippen molar-refractivity contribution in [1.82, 2.24) is 0 Å². The number of unbranched alkanes of at least 4 members (excludes halogenated alkanes) is 7. The summed E-state index contributed by atoms with van der Waals surface area (Å²) in [5, 5.41) is 0. The summed E-state index contributed by atoms with van der Waals surface area (Å²) in [6.07, 6.45) is 11.7. The Morgan fingerprint density at radius 1 is 0.880 bits per heavy atom. The molecule has 0 N–H and O–H groups in total. The minimum absolute atomic E-state index is 0.135.